The van der Waals surface area contributed by atoms with E-state index in [1.165, 1.54) is 12.3 Å². The molecule has 1 rings (SSSR count). The minimum Gasteiger partial charge on any atom is -0.478 e. The number of nitrogens with zero attached hydrogens (tertiary/aromatic N) is 1. The molecule has 70 valence electrons. The molecule has 1 N–H and O–H groups in total. The highest BCUT2D eigenvalue weighted by Crippen LogP contribution is 2.09. The van der Waals surface area contributed by atoms with Crippen molar-refractivity contribution >= 4 is 5.97 Å². The summed E-state index contributed by atoms with van der Waals surface area (Å²) in [6.07, 6.45) is 1.32. The lowest BCUT2D eigenvalue weighted by Gasteiger charge is -2.07. The van der Waals surface area contributed by atoms with Gasteiger partial charge in [0.2, 0.25) is 5.88 Å². The van der Waals surface area contributed by atoms with Gasteiger partial charge in [0, 0.05) is 12.3 Å². The lowest BCUT2D eigenvalue weighted by atomic mass is 10.3. The fraction of sp³-hybridized carbons (Fsp3) is 0.333. The van der Waals surface area contributed by atoms with Crippen LogP contribution < -0.4 is 4.74 Å². The minimum atomic E-state index is -0.983. The SMILES string of the molecule is CC(C)Oc1ccc(C(=O)O)cn1. The molecule has 0 aliphatic carbocycles. The predicted octanol–water partition coefficient (Wildman–Crippen LogP) is 1.57. The number of hydrogen-bond donors (Lipinski definition) is 1. The number of ether oxygens (including phenoxy) is 1. The van der Waals surface area contributed by atoms with Gasteiger partial charge >= 0.3 is 5.97 Å². The van der Waals surface area contributed by atoms with Gasteiger partial charge in [0.25, 0.3) is 0 Å². The molecule has 13 heavy (non-hydrogen) atoms. The summed E-state index contributed by atoms with van der Waals surface area (Å²) in [4.78, 5) is 14.3. The van der Waals surface area contributed by atoms with E-state index in [9.17, 15) is 4.79 Å². The molecule has 0 radical (unpaired) electrons. The van der Waals surface area contributed by atoms with Gasteiger partial charge in [-0.15, -0.1) is 0 Å². The maximum absolute atomic E-state index is 10.5. The van der Waals surface area contributed by atoms with Crippen molar-refractivity contribution in [3.63, 3.8) is 0 Å². The van der Waals surface area contributed by atoms with Crippen LogP contribution in [-0.2, 0) is 0 Å². The Bertz CT molecular complexity index is 292. The highest BCUT2D eigenvalue weighted by atomic mass is 16.5. The van der Waals surface area contributed by atoms with Crippen LogP contribution in [0.4, 0.5) is 0 Å². The molecule has 0 bridgehead atoms. The van der Waals surface area contributed by atoms with Crippen molar-refractivity contribution in [2.24, 2.45) is 0 Å². The number of hydrogen-bond acceptors (Lipinski definition) is 3. The highest BCUT2D eigenvalue weighted by Gasteiger charge is 2.03. The number of carboxylic acid groups (broad SMARTS) is 1. The van der Waals surface area contributed by atoms with Crippen LogP contribution in [0.25, 0.3) is 0 Å². The van der Waals surface area contributed by atoms with Gasteiger partial charge in [-0.25, -0.2) is 9.78 Å². The zero-order valence-corrected chi connectivity index (χ0v) is 7.52. The van der Waals surface area contributed by atoms with Crippen LogP contribution in [0, 0.1) is 0 Å². The van der Waals surface area contributed by atoms with Gasteiger partial charge in [-0.05, 0) is 19.9 Å². The second-order valence-corrected chi connectivity index (χ2v) is 2.86. The molecule has 0 unspecified atom stereocenters. The molecule has 1 aromatic rings. The third-order valence-electron chi connectivity index (χ3n) is 1.34. The van der Waals surface area contributed by atoms with Crippen molar-refractivity contribution in [1.82, 2.24) is 4.98 Å². The maximum Gasteiger partial charge on any atom is 0.337 e. The standard InChI is InChI=1S/C9H11NO3/c1-6(2)13-8-4-3-7(5-10-8)9(11)12/h3-6H,1-2H3,(H,11,12). The van der Waals surface area contributed by atoms with Gasteiger partial charge in [-0.3, -0.25) is 0 Å². The fourth-order valence-corrected chi connectivity index (χ4v) is 0.818. The second-order valence-electron chi connectivity index (χ2n) is 2.86. The second kappa shape index (κ2) is 3.89. The number of carboxylic acids is 1. The topological polar surface area (TPSA) is 59.4 Å². The first-order valence-electron chi connectivity index (χ1n) is 3.95. The monoisotopic (exact) mass is 181 g/mol. The third kappa shape index (κ3) is 2.74. The summed E-state index contributed by atoms with van der Waals surface area (Å²) in [5, 5.41) is 8.58. The average molecular weight is 181 g/mol. The van der Waals surface area contributed by atoms with Gasteiger partial charge in [0.05, 0.1) is 11.7 Å². The normalized spacial score (nSPS) is 10.1. The van der Waals surface area contributed by atoms with E-state index in [1.807, 2.05) is 13.8 Å². The Morgan fingerprint density at radius 1 is 1.54 bits per heavy atom. The van der Waals surface area contributed by atoms with Gasteiger partial charge in [-0.2, -0.15) is 0 Å². The summed E-state index contributed by atoms with van der Waals surface area (Å²) >= 11 is 0. The molecule has 0 saturated heterocycles. The summed E-state index contributed by atoms with van der Waals surface area (Å²) in [5.74, 6) is -0.538. The first-order chi connectivity index (χ1) is 6.09. The van der Waals surface area contributed by atoms with E-state index >= 15 is 0 Å². The number of pyridine rings is 1. The fourth-order valence-electron chi connectivity index (χ4n) is 0.818. The average Bonchev–Trinajstić information content (AvgIpc) is 2.04. The van der Waals surface area contributed by atoms with Crippen LogP contribution in [0.3, 0.4) is 0 Å². The molecule has 0 amide bonds. The van der Waals surface area contributed by atoms with Gasteiger partial charge in [-0.1, -0.05) is 0 Å². The quantitative estimate of drug-likeness (QED) is 0.768. The summed E-state index contributed by atoms with van der Waals surface area (Å²) in [7, 11) is 0. The Morgan fingerprint density at radius 2 is 2.23 bits per heavy atom. The Balaban J connectivity index is 2.75. The smallest absolute Gasteiger partial charge is 0.337 e. The van der Waals surface area contributed by atoms with Crippen LogP contribution in [0.1, 0.15) is 24.2 Å². The molecule has 1 heterocycles. The lowest BCUT2D eigenvalue weighted by Crippen LogP contribution is -2.07. The molecule has 0 aliphatic heterocycles. The lowest BCUT2D eigenvalue weighted by molar-refractivity contribution is 0.0696. The Kier molecular flexibility index (Phi) is 2.84. The Morgan fingerprint density at radius 3 is 2.62 bits per heavy atom. The summed E-state index contributed by atoms with van der Waals surface area (Å²) in [6.45, 7) is 3.76. The third-order valence-corrected chi connectivity index (χ3v) is 1.34. The molecule has 0 fully saturated rings. The molecular formula is C9H11NO3. The van der Waals surface area contributed by atoms with Crippen molar-refractivity contribution in [3.05, 3.63) is 23.9 Å². The molecule has 0 aliphatic rings. The minimum absolute atomic E-state index is 0.0446. The predicted molar refractivity (Wildman–Crippen MR) is 47.0 cm³/mol. The van der Waals surface area contributed by atoms with Gasteiger partial charge < -0.3 is 9.84 Å². The molecule has 4 heteroatoms. The zero-order valence-electron chi connectivity index (χ0n) is 7.52. The van der Waals surface area contributed by atoms with E-state index in [0.29, 0.717) is 5.88 Å². The Labute approximate surface area is 76.2 Å². The van der Waals surface area contributed by atoms with E-state index in [-0.39, 0.29) is 11.7 Å². The van der Waals surface area contributed by atoms with E-state index in [1.54, 1.807) is 6.07 Å². The number of aromatic nitrogens is 1. The first kappa shape index (κ1) is 9.51. The van der Waals surface area contributed by atoms with Crippen LogP contribution in [0.5, 0.6) is 5.88 Å². The summed E-state index contributed by atoms with van der Waals surface area (Å²) < 4.78 is 5.24. The maximum atomic E-state index is 10.5. The number of aromatic carboxylic acids is 1. The van der Waals surface area contributed by atoms with Gasteiger partial charge in [0.15, 0.2) is 0 Å². The molecular weight excluding hydrogens is 170 g/mol. The van der Waals surface area contributed by atoms with E-state index in [0.717, 1.165) is 0 Å². The van der Waals surface area contributed by atoms with E-state index in [2.05, 4.69) is 4.98 Å². The molecule has 0 aromatic carbocycles. The van der Waals surface area contributed by atoms with Crippen molar-refractivity contribution < 1.29 is 14.6 Å². The van der Waals surface area contributed by atoms with Crippen molar-refractivity contribution in [1.29, 1.82) is 0 Å². The molecule has 0 atom stereocenters. The van der Waals surface area contributed by atoms with E-state index < -0.39 is 5.97 Å². The van der Waals surface area contributed by atoms with E-state index in [4.69, 9.17) is 9.84 Å². The van der Waals surface area contributed by atoms with Crippen molar-refractivity contribution in [2.75, 3.05) is 0 Å². The highest BCUT2D eigenvalue weighted by molar-refractivity contribution is 5.87. The van der Waals surface area contributed by atoms with Crippen LogP contribution in [-0.4, -0.2) is 22.2 Å². The molecule has 0 spiro atoms. The van der Waals surface area contributed by atoms with Gasteiger partial charge in [0.1, 0.15) is 0 Å². The molecule has 1 aromatic heterocycles. The van der Waals surface area contributed by atoms with Crippen molar-refractivity contribution in [2.45, 2.75) is 20.0 Å². The van der Waals surface area contributed by atoms with Crippen LogP contribution in [0.15, 0.2) is 18.3 Å². The zero-order chi connectivity index (χ0) is 9.84. The number of carbonyl (C=O) groups is 1. The van der Waals surface area contributed by atoms with Crippen molar-refractivity contribution in [3.8, 4) is 5.88 Å². The summed E-state index contributed by atoms with van der Waals surface area (Å²) in [6, 6.07) is 3.01. The van der Waals surface area contributed by atoms with Crippen LogP contribution in [0.2, 0.25) is 0 Å². The van der Waals surface area contributed by atoms with Crippen LogP contribution >= 0.6 is 0 Å². The first-order valence-corrected chi connectivity index (χ1v) is 3.95. The molecule has 0 saturated carbocycles. The Hall–Kier alpha value is -1.58. The largest absolute Gasteiger partial charge is 0.478 e. The molecule has 4 nitrogen and oxygen atoms in total. The summed E-state index contributed by atoms with van der Waals surface area (Å²) in [5.41, 5.74) is 0.163. The number of rotatable bonds is 3.